The fraction of sp³-hybridized carbons (Fsp3) is 0.405. The van der Waals surface area contributed by atoms with Crippen molar-refractivity contribution < 1.29 is 42.5 Å². The fourth-order valence-corrected chi connectivity index (χ4v) is 9.42. The van der Waals surface area contributed by atoms with Crippen molar-refractivity contribution in [2.45, 2.75) is 84.7 Å². The van der Waals surface area contributed by atoms with E-state index in [1.165, 1.54) is 7.05 Å². The zero-order valence-electron chi connectivity index (χ0n) is 31.4. The number of hydrogen-bond acceptors (Lipinski definition) is 5. The number of nitrogens with zero attached hydrogens (tertiary/aromatic N) is 3. The quantitative estimate of drug-likeness (QED) is 0.108. The fourth-order valence-electron chi connectivity index (χ4n) is 9.42. The van der Waals surface area contributed by atoms with E-state index >= 15 is 17.6 Å². The van der Waals surface area contributed by atoms with Gasteiger partial charge in [-0.15, -0.1) is 0 Å². The van der Waals surface area contributed by atoms with Gasteiger partial charge in [0.25, 0.3) is 5.91 Å². The number of aliphatic carboxylic acids is 1. The molecule has 5 aliphatic rings. The number of anilines is 1. The number of carbonyl (C=O) groups excluding carboxylic acids is 1. The smallest absolute Gasteiger partial charge is 0.305 e. The maximum atomic E-state index is 16.8. The molecule has 284 valence electrons. The SMILES string of the molecule is CC1=CC(C)(C)N2CCCc3c4c(cc1c32)C(c1c(F)c(F)c(F)c(F)c1C(=O)N(C)CCC(=O)O)=c1cc2c3c(c1O4)CCC[N+]=3C(C)(C)C=C2C.[OH-]. The van der Waals surface area contributed by atoms with Gasteiger partial charge in [0.2, 0.25) is 5.36 Å². The van der Waals surface area contributed by atoms with Gasteiger partial charge in [0.1, 0.15) is 18.0 Å². The minimum atomic E-state index is -2.12. The second-order valence-electron chi connectivity index (χ2n) is 16.1. The Bertz CT molecular complexity index is 2430. The zero-order valence-corrected chi connectivity index (χ0v) is 31.4. The minimum Gasteiger partial charge on any atom is -0.870 e. The van der Waals surface area contributed by atoms with Crippen molar-refractivity contribution in [3.63, 3.8) is 0 Å². The third-order valence-corrected chi connectivity index (χ3v) is 11.7. The normalized spacial score (nSPS) is 18.2. The molecule has 0 aliphatic carbocycles. The molecule has 0 aromatic heterocycles. The molecule has 0 fully saturated rings. The van der Waals surface area contributed by atoms with Crippen LogP contribution in [0.2, 0.25) is 0 Å². The van der Waals surface area contributed by atoms with Crippen molar-refractivity contribution in [3.05, 3.63) is 97.1 Å². The highest BCUT2D eigenvalue weighted by Crippen LogP contribution is 2.53. The number of halogens is 4. The first-order chi connectivity index (χ1) is 24.9. The molecule has 0 radical (unpaired) electrons. The molecule has 0 unspecified atom stereocenters. The van der Waals surface area contributed by atoms with E-state index in [9.17, 15) is 14.7 Å². The van der Waals surface area contributed by atoms with Crippen LogP contribution in [-0.2, 0) is 17.6 Å². The van der Waals surface area contributed by atoms with Gasteiger partial charge in [-0.1, -0.05) is 6.08 Å². The molecule has 3 aromatic rings. The van der Waals surface area contributed by atoms with Crippen LogP contribution in [0.1, 0.15) is 105 Å². The minimum absolute atomic E-state index is 0. The number of hydrogen-bond donors (Lipinski definition) is 1. The second kappa shape index (κ2) is 12.5. The van der Waals surface area contributed by atoms with Gasteiger partial charge in [-0.25, -0.2) is 22.1 Å². The first-order valence-electron chi connectivity index (χ1n) is 18.2. The van der Waals surface area contributed by atoms with Crippen LogP contribution in [0.3, 0.4) is 0 Å². The number of rotatable bonds is 5. The third kappa shape index (κ3) is 5.23. The van der Waals surface area contributed by atoms with Gasteiger partial charge in [-0.3, -0.25) is 9.59 Å². The summed E-state index contributed by atoms with van der Waals surface area (Å²) in [6.45, 7) is 13.8. The summed E-state index contributed by atoms with van der Waals surface area (Å²) < 4.78 is 73.3. The summed E-state index contributed by atoms with van der Waals surface area (Å²) >= 11 is 0. The van der Waals surface area contributed by atoms with E-state index in [0.717, 1.165) is 75.3 Å². The molecule has 2 N–H and O–H groups in total. The van der Waals surface area contributed by atoms with E-state index in [-0.39, 0.29) is 28.7 Å². The summed E-state index contributed by atoms with van der Waals surface area (Å²) in [5, 5.41) is 10.6. The van der Waals surface area contributed by atoms with Crippen molar-refractivity contribution in [2.24, 2.45) is 0 Å². The Morgan fingerprint density at radius 3 is 2.26 bits per heavy atom. The predicted molar refractivity (Wildman–Crippen MR) is 197 cm³/mol. The van der Waals surface area contributed by atoms with E-state index in [4.69, 9.17) is 4.74 Å². The highest BCUT2D eigenvalue weighted by atomic mass is 19.2. The molecule has 0 bridgehead atoms. The maximum Gasteiger partial charge on any atom is 0.305 e. The lowest BCUT2D eigenvalue weighted by atomic mass is 9.78. The van der Waals surface area contributed by atoms with Gasteiger partial charge in [-0.2, -0.15) is 0 Å². The molecule has 5 heterocycles. The Morgan fingerprint density at radius 2 is 1.56 bits per heavy atom. The summed E-state index contributed by atoms with van der Waals surface area (Å²) in [5.74, 6) is -9.29. The van der Waals surface area contributed by atoms with Crippen molar-refractivity contribution in [2.75, 3.05) is 31.6 Å². The number of allylic oxidation sites excluding steroid dienone is 2. The summed E-state index contributed by atoms with van der Waals surface area (Å²) in [4.78, 5) is 28.7. The van der Waals surface area contributed by atoms with Crippen LogP contribution in [-0.4, -0.2) is 65.1 Å². The molecule has 54 heavy (non-hydrogen) atoms. The monoisotopic (exact) mass is 745 g/mol. The highest BCUT2D eigenvalue weighted by Gasteiger charge is 2.43. The lowest BCUT2D eigenvalue weighted by Gasteiger charge is -2.47. The van der Waals surface area contributed by atoms with Crippen LogP contribution in [0, 0.1) is 23.3 Å². The van der Waals surface area contributed by atoms with Gasteiger partial charge < -0.3 is 25.1 Å². The summed E-state index contributed by atoms with van der Waals surface area (Å²) in [7, 11) is 1.22. The number of fused-ring (bicyclic) bond motifs is 4. The average molecular weight is 746 g/mol. The van der Waals surface area contributed by atoms with Crippen LogP contribution in [0.4, 0.5) is 23.2 Å². The van der Waals surface area contributed by atoms with Crippen molar-refractivity contribution in [1.82, 2.24) is 9.48 Å². The molecule has 0 atom stereocenters. The van der Waals surface area contributed by atoms with E-state index < -0.39 is 52.7 Å². The lowest BCUT2D eigenvalue weighted by molar-refractivity contribution is -0.137. The number of benzene rings is 3. The van der Waals surface area contributed by atoms with E-state index in [0.29, 0.717) is 35.1 Å². The molecular formula is C42H43F4N3O5. The van der Waals surface area contributed by atoms with Gasteiger partial charge in [0, 0.05) is 79.0 Å². The van der Waals surface area contributed by atoms with Crippen LogP contribution in [0.5, 0.6) is 11.5 Å². The van der Waals surface area contributed by atoms with Gasteiger partial charge in [-0.05, 0) is 76.3 Å². The molecule has 5 aliphatic heterocycles. The van der Waals surface area contributed by atoms with Crippen LogP contribution in [0.25, 0.3) is 16.7 Å². The molecule has 0 saturated heterocycles. The molecule has 3 aromatic carbocycles. The highest BCUT2D eigenvalue weighted by molar-refractivity contribution is 6.03. The number of carboxylic acid groups (broad SMARTS) is 1. The average Bonchev–Trinajstić information content (AvgIpc) is 3.10. The largest absolute Gasteiger partial charge is 0.870 e. The molecule has 8 rings (SSSR count). The zero-order chi connectivity index (χ0) is 38.0. The van der Waals surface area contributed by atoms with Crippen LogP contribution in [0.15, 0.2) is 24.3 Å². The standard InChI is InChI=1S/C42H41F4N3O4.H2O/c1-20-18-41(3,4)48-13-8-10-22-36(48)24(20)16-26-29(30-31(33(44)35(46)34(45)32(30)43)40(52)47(7)15-12-28(50)51)27-17-25-21(2)19-42(5,6)49-14-9-11-23(37(25)49)39(27)53-38(22)26;/h16-19H,8-15H2,1-7H3;1H2. The summed E-state index contributed by atoms with van der Waals surface area (Å²) in [5.41, 5.74) is 4.31. The second-order valence-corrected chi connectivity index (χ2v) is 16.1. The molecule has 8 nitrogen and oxygen atoms in total. The number of carboxylic acids is 1. The first-order valence-corrected chi connectivity index (χ1v) is 18.2. The molecule has 1 amide bonds. The Kier molecular flexibility index (Phi) is 8.68. The van der Waals surface area contributed by atoms with E-state index in [1.54, 1.807) is 0 Å². The Morgan fingerprint density at radius 1 is 0.889 bits per heavy atom. The van der Waals surface area contributed by atoms with Crippen molar-refractivity contribution in [3.8, 4) is 11.5 Å². The molecule has 0 spiro atoms. The van der Waals surface area contributed by atoms with E-state index in [1.807, 2.05) is 26.0 Å². The van der Waals surface area contributed by atoms with Gasteiger partial charge in [0.05, 0.1) is 28.8 Å². The molecular weight excluding hydrogens is 702 g/mol. The van der Waals surface area contributed by atoms with Crippen molar-refractivity contribution >= 4 is 34.3 Å². The predicted octanol–water partition coefficient (Wildman–Crippen LogP) is 6.55. The van der Waals surface area contributed by atoms with Gasteiger partial charge in [0.15, 0.2) is 28.8 Å². The van der Waals surface area contributed by atoms with Crippen LogP contribution >= 0.6 is 0 Å². The van der Waals surface area contributed by atoms with Crippen molar-refractivity contribution in [1.29, 1.82) is 0 Å². The third-order valence-electron chi connectivity index (χ3n) is 11.7. The Labute approximate surface area is 310 Å². The lowest BCUT2D eigenvalue weighted by Crippen LogP contribution is -2.53. The Hall–Kier alpha value is -4.97. The number of amides is 1. The number of carbonyl (C=O) groups is 2. The molecule has 12 heteroatoms. The molecule has 0 saturated carbocycles. The summed E-state index contributed by atoms with van der Waals surface area (Å²) in [6, 6.07) is 3.69. The maximum absolute atomic E-state index is 16.8. The Balaban J connectivity index is 0.00000450. The van der Waals surface area contributed by atoms with Gasteiger partial charge >= 0.3 is 5.97 Å². The summed E-state index contributed by atoms with van der Waals surface area (Å²) in [6.07, 6.45) is 6.64. The number of ether oxygens (including phenoxy) is 1. The topological polar surface area (TPSA) is 103 Å². The van der Waals surface area contributed by atoms with E-state index in [2.05, 4.69) is 49.3 Å². The first kappa shape index (κ1) is 37.3. The van der Waals surface area contributed by atoms with Crippen LogP contribution < -0.4 is 24.8 Å².